The summed E-state index contributed by atoms with van der Waals surface area (Å²) >= 11 is 0. The summed E-state index contributed by atoms with van der Waals surface area (Å²) in [6.07, 6.45) is 7.58. The topological polar surface area (TPSA) is 85.2 Å². The molecule has 1 amide bonds. The maximum Gasteiger partial charge on any atom is 0.267 e. The standard InChI is InChI=1S/C15H22N4O/c16-11-7-8-12(14(17)20)18-15(11)19-9-3-5-10-4-1-2-6-13(10)19/h7-8,10,13H,1-6,9,16H2,(H2,17,20). The number of fused-ring (bicyclic) bond motifs is 1. The van der Waals surface area contributed by atoms with E-state index in [1.165, 1.54) is 38.5 Å². The number of primary amides is 1. The highest BCUT2D eigenvalue weighted by Gasteiger charge is 2.34. The number of piperidine rings is 1. The van der Waals surface area contributed by atoms with Crippen molar-refractivity contribution in [1.82, 2.24) is 4.98 Å². The van der Waals surface area contributed by atoms with Gasteiger partial charge in [0.15, 0.2) is 5.82 Å². The predicted octanol–water partition coefficient (Wildman–Crippen LogP) is 1.92. The molecule has 1 saturated heterocycles. The van der Waals surface area contributed by atoms with Crippen LogP contribution in [0.15, 0.2) is 12.1 Å². The molecule has 1 aromatic heterocycles. The fraction of sp³-hybridized carbons (Fsp3) is 0.600. The van der Waals surface area contributed by atoms with Gasteiger partial charge in [-0.1, -0.05) is 12.8 Å². The van der Waals surface area contributed by atoms with Crippen LogP contribution in [0.1, 0.15) is 49.0 Å². The first kappa shape index (κ1) is 13.2. The Hall–Kier alpha value is -1.78. The van der Waals surface area contributed by atoms with Crippen molar-refractivity contribution < 1.29 is 4.79 Å². The van der Waals surface area contributed by atoms with Gasteiger partial charge in [-0.25, -0.2) is 4.98 Å². The third kappa shape index (κ3) is 2.32. The van der Waals surface area contributed by atoms with Crippen LogP contribution in [0, 0.1) is 5.92 Å². The first-order chi connectivity index (χ1) is 9.66. The minimum Gasteiger partial charge on any atom is -0.396 e. The largest absolute Gasteiger partial charge is 0.396 e. The molecular weight excluding hydrogens is 252 g/mol. The number of carbonyl (C=O) groups is 1. The Morgan fingerprint density at radius 3 is 2.75 bits per heavy atom. The molecule has 5 heteroatoms. The molecule has 2 aliphatic rings. The molecule has 0 bridgehead atoms. The number of rotatable bonds is 2. The highest BCUT2D eigenvalue weighted by atomic mass is 16.1. The van der Waals surface area contributed by atoms with Gasteiger partial charge in [0.2, 0.25) is 0 Å². The normalized spacial score (nSPS) is 26.1. The van der Waals surface area contributed by atoms with Crippen LogP contribution in [0.4, 0.5) is 11.5 Å². The third-order valence-corrected chi connectivity index (χ3v) is 4.67. The molecule has 0 aromatic carbocycles. The van der Waals surface area contributed by atoms with Gasteiger partial charge in [0.25, 0.3) is 5.91 Å². The summed E-state index contributed by atoms with van der Waals surface area (Å²) in [6, 6.07) is 3.87. The van der Waals surface area contributed by atoms with Crippen LogP contribution in [-0.2, 0) is 0 Å². The average Bonchev–Trinajstić information content (AvgIpc) is 2.47. The van der Waals surface area contributed by atoms with Gasteiger partial charge in [0.1, 0.15) is 5.69 Å². The summed E-state index contributed by atoms with van der Waals surface area (Å²) in [6.45, 7) is 0.973. The zero-order valence-corrected chi connectivity index (χ0v) is 11.7. The van der Waals surface area contributed by atoms with Crippen molar-refractivity contribution in [2.45, 2.75) is 44.6 Å². The van der Waals surface area contributed by atoms with E-state index < -0.39 is 5.91 Å². The number of nitrogens with zero attached hydrogens (tertiary/aromatic N) is 2. The number of aromatic nitrogens is 1. The van der Waals surface area contributed by atoms with Crippen LogP contribution >= 0.6 is 0 Å². The summed E-state index contributed by atoms with van der Waals surface area (Å²) in [5, 5.41) is 0. The predicted molar refractivity (Wildman–Crippen MR) is 79.5 cm³/mol. The molecule has 0 radical (unpaired) electrons. The van der Waals surface area contributed by atoms with Gasteiger partial charge in [-0.15, -0.1) is 0 Å². The number of nitrogens with two attached hydrogens (primary N) is 2. The van der Waals surface area contributed by atoms with Gasteiger partial charge in [-0.05, 0) is 43.7 Å². The Bertz CT molecular complexity index is 515. The molecule has 3 rings (SSSR count). The van der Waals surface area contributed by atoms with Gasteiger partial charge >= 0.3 is 0 Å². The second-order valence-electron chi connectivity index (χ2n) is 5.92. The van der Waals surface area contributed by atoms with Crippen molar-refractivity contribution >= 4 is 17.4 Å². The maximum atomic E-state index is 11.3. The van der Waals surface area contributed by atoms with E-state index in [0.29, 0.717) is 17.4 Å². The molecule has 2 fully saturated rings. The minimum atomic E-state index is -0.497. The van der Waals surface area contributed by atoms with Gasteiger partial charge in [-0.3, -0.25) is 4.79 Å². The lowest BCUT2D eigenvalue weighted by atomic mass is 9.78. The number of nitrogen functional groups attached to an aromatic ring is 1. The van der Waals surface area contributed by atoms with Gasteiger partial charge in [-0.2, -0.15) is 0 Å². The van der Waals surface area contributed by atoms with Crippen molar-refractivity contribution in [3.05, 3.63) is 17.8 Å². The molecule has 1 aliphatic carbocycles. The van der Waals surface area contributed by atoms with Crippen molar-refractivity contribution in [1.29, 1.82) is 0 Å². The molecule has 2 heterocycles. The smallest absolute Gasteiger partial charge is 0.267 e. The van der Waals surface area contributed by atoms with E-state index in [2.05, 4.69) is 9.88 Å². The Morgan fingerprint density at radius 1 is 1.20 bits per heavy atom. The number of anilines is 2. The van der Waals surface area contributed by atoms with E-state index in [9.17, 15) is 4.79 Å². The monoisotopic (exact) mass is 274 g/mol. The molecule has 2 atom stereocenters. The van der Waals surface area contributed by atoms with Crippen LogP contribution in [0.2, 0.25) is 0 Å². The third-order valence-electron chi connectivity index (χ3n) is 4.67. The van der Waals surface area contributed by atoms with Crippen molar-refractivity contribution in [3.63, 3.8) is 0 Å². The van der Waals surface area contributed by atoms with Crippen molar-refractivity contribution in [2.24, 2.45) is 11.7 Å². The Balaban J connectivity index is 1.94. The Kier molecular flexibility index (Phi) is 3.51. The Morgan fingerprint density at radius 2 is 1.95 bits per heavy atom. The molecule has 0 spiro atoms. The average molecular weight is 274 g/mol. The van der Waals surface area contributed by atoms with Crippen LogP contribution in [0.3, 0.4) is 0 Å². The number of pyridine rings is 1. The molecule has 1 saturated carbocycles. The van der Waals surface area contributed by atoms with E-state index in [-0.39, 0.29) is 0 Å². The zero-order valence-electron chi connectivity index (χ0n) is 11.7. The quantitative estimate of drug-likeness (QED) is 0.862. The highest BCUT2D eigenvalue weighted by molar-refractivity contribution is 5.92. The molecule has 1 aliphatic heterocycles. The van der Waals surface area contributed by atoms with Crippen molar-refractivity contribution in [3.8, 4) is 0 Å². The van der Waals surface area contributed by atoms with E-state index in [0.717, 1.165) is 18.3 Å². The minimum absolute atomic E-state index is 0.298. The number of hydrogen-bond acceptors (Lipinski definition) is 4. The summed E-state index contributed by atoms with van der Waals surface area (Å²) in [7, 11) is 0. The lowest BCUT2D eigenvalue weighted by molar-refractivity contribution is 0.0995. The summed E-state index contributed by atoms with van der Waals surface area (Å²) < 4.78 is 0. The molecular formula is C15H22N4O. The molecule has 2 unspecified atom stereocenters. The van der Waals surface area contributed by atoms with Gasteiger partial charge in [0, 0.05) is 12.6 Å². The molecule has 20 heavy (non-hydrogen) atoms. The van der Waals surface area contributed by atoms with Gasteiger partial charge < -0.3 is 16.4 Å². The SMILES string of the molecule is NC(=O)c1ccc(N)c(N2CCCC3CCCCC32)n1. The molecule has 108 valence electrons. The van der Waals surface area contributed by atoms with E-state index in [1.807, 2.05) is 0 Å². The van der Waals surface area contributed by atoms with Crippen LogP contribution < -0.4 is 16.4 Å². The van der Waals surface area contributed by atoms with E-state index >= 15 is 0 Å². The van der Waals surface area contributed by atoms with Crippen LogP contribution in [0.5, 0.6) is 0 Å². The summed E-state index contributed by atoms with van der Waals surface area (Å²) in [4.78, 5) is 18.1. The lowest BCUT2D eigenvalue weighted by Gasteiger charge is -2.45. The lowest BCUT2D eigenvalue weighted by Crippen LogP contribution is -2.47. The number of carbonyl (C=O) groups excluding carboxylic acids is 1. The molecule has 4 N–H and O–H groups in total. The second-order valence-corrected chi connectivity index (χ2v) is 5.92. The van der Waals surface area contributed by atoms with Crippen LogP contribution in [-0.4, -0.2) is 23.5 Å². The molecule has 1 aromatic rings. The first-order valence-corrected chi connectivity index (χ1v) is 7.50. The highest BCUT2D eigenvalue weighted by Crippen LogP contribution is 2.38. The number of hydrogen-bond donors (Lipinski definition) is 2. The first-order valence-electron chi connectivity index (χ1n) is 7.50. The fourth-order valence-electron chi connectivity index (χ4n) is 3.71. The Labute approximate surface area is 119 Å². The van der Waals surface area contributed by atoms with E-state index in [1.54, 1.807) is 12.1 Å². The summed E-state index contributed by atoms with van der Waals surface area (Å²) in [5.74, 6) is 0.997. The fourth-order valence-corrected chi connectivity index (χ4v) is 3.71. The zero-order chi connectivity index (χ0) is 14.1. The maximum absolute atomic E-state index is 11.3. The summed E-state index contributed by atoms with van der Waals surface area (Å²) in [5.41, 5.74) is 12.4. The van der Waals surface area contributed by atoms with E-state index in [4.69, 9.17) is 11.5 Å². The molecule has 5 nitrogen and oxygen atoms in total. The van der Waals surface area contributed by atoms with Crippen molar-refractivity contribution in [2.75, 3.05) is 17.2 Å². The second kappa shape index (κ2) is 5.31. The number of amides is 1. The van der Waals surface area contributed by atoms with Crippen LogP contribution in [0.25, 0.3) is 0 Å². The van der Waals surface area contributed by atoms with Gasteiger partial charge in [0.05, 0.1) is 5.69 Å².